The van der Waals surface area contributed by atoms with Crippen LogP contribution in [0.15, 0.2) is 48.5 Å². The van der Waals surface area contributed by atoms with E-state index in [2.05, 4.69) is 17.1 Å². The summed E-state index contributed by atoms with van der Waals surface area (Å²) in [5.41, 5.74) is 2.13. The summed E-state index contributed by atoms with van der Waals surface area (Å²) in [4.78, 5) is 25.7. The highest BCUT2D eigenvalue weighted by atomic mass is 19.1. The average Bonchev–Trinajstić information content (AvgIpc) is 2.68. The van der Waals surface area contributed by atoms with E-state index in [4.69, 9.17) is 5.11 Å². The second-order valence-electron chi connectivity index (χ2n) is 6.91. The third-order valence-corrected chi connectivity index (χ3v) is 5.16. The lowest BCUT2D eigenvalue weighted by Gasteiger charge is -2.35. The largest absolute Gasteiger partial charge is 0.481 e. The summed E-state index contributed by atoms with van der Waals surface area (Å²) in [7, 11) is 0. The molecule has 142 valence electrons. The Hall–Kier alpha value is -2.73. The number of carboxylic acids is 1. The van der Waals surface area contributed by atoms with E-state index in [9.17, 15) is 14.0 Å². The molecule has 1 aliphatic rings. The SMILES string of the molecule is CC(c1cccc(NC(=O)c2ccc(F)cc2)c1)N1CCC(C(=O)O)CC1. The summed E-state index contributed by atoms with van der Waals surface area (Å²) in [6.45, 7) is 3.57. The maximum absolute atomic E-state index is 13.0. The van der Waals surface area contributed by atoms with Gasteiger partial charge in [0.2, 0.25) is 0 Å². The number of hydrogen-bond acceptors (Lipinski definition) is 3. The fourth-order valence-electron chi connectivity index (χ4n) is 3.43. The number of aliphatic carboxylic acids is 1. The predicted octanol–water partition coefficient (Wildman–Crippen LogP) is 3.94. The first-order valence-electron chi connectivity index (χ1n) is 9.08. The molecule has 2 aromatic carbocycles. The van der Waals surface area contributed by atoms with E-state index in [1.807, 2.05) is 24.3 Å². The Morgan fingerprint density at radius 2 is 1.81 bits per heavy atom. The van der Waals surface area contributed by atoms with Crippen LogP contribution in [0, 0.1) is 11.7 Å². The van der Waals surface area contributed by atoms with Gasteiger partial charge in [-0.1, -0.05) is 12.1 Å². The number of anilines is 1. The topological polar surface area (TPSA) is 69.6 Å². The van der Waals surface area contributed by atoms with Gasteiger partial charge >= 0.3 is 5.97 Å². The van der Waals surface area contributed by atoms with Gasteiger partial charge in [-0.2, -0.15) is 0 Å². The first kappa shape index (κ1) is 19.0. The molecule has 2 N–H and O–H groups in total. The molecule has 2 aromatic rings. The Bertz CT molecular complexity index is 814. The van der Waals surface area contributed by atoms with Crippen LogP contribution in [-0.2, 0) is 4.79 Å². The van der Waals surface area contributed by atoms with Crippen molar-refractivity contribution in [3.05, 3.63) is 65.5 Å². The Balaban J connectivity index is 1.65. The minimum Gasteiger partial charge on any atom is -0.481 e. The normalized spacial score (nSPS) is 16.7. The molecule has 0 radical (unpaired) electrons. The molecule has 27 heavy (non-hydrogen) atoms. The molecule has 1 fully saturated rings. The smallest absolute Gasteiger partial charge is 0.306 e. The minimum atomic E-state index is -0.715. The summed E-state index contributed by atoms with van der Waals surface area (Å²) in [5, 5.41) is 12.0. The van der Waals surface area contributed by atoms with E-state index < -0.39 is 5.97 Å². The minimum absolute atomic E-state index is 0.127. The van der Waals surface area contributed by atoms with Crippen molar-refractivity contribution in [1.29, 1.82) is 0 Å². The van der Waals surface area contributed by atoms with Gasteiger partial charge in [0.05, 0.1) is 5.92 Å². The van der Waals surface area contributed by atoms with Crippen molar-refractivity contribution in [1.82, 2.24) is 4.90 Å². The number of hydrogen-bond donors (Lipinski definition) is 2. The van der Waals surface area contributed by atoms with Crippen molar-refractivity contribution >= 4 is 17.6 Å². The number of benzene rings is 2. The number of likely N-dealkylation sites (tertiary alicyclic amines) is 1. The van der Waals surface area contributed by atoms with Crippen molar-refractivity contribution in [3.8, 4) is 0 Å². The average molecular weight is 370 g/mol. The molecule has 0 spiro atoms. The summed E-state index contributed by atoms with van der Waals surface area (Å²) < 4.78 is 13.0. The van der Waals surface area contributed by atoms with Gasteiger partial charge < -0.3 is 10.4 Å². The number of carboxylic acid groups (broad SMARTS) is 1. The Labute approximate surface area is 157 Å². The molecule has 1 heterocycles. The van der Waals surface area contributed by atoms with Gasteiger partial charge in [-0.05, 0) is 74.8 Å². The lowest BCUT2D eigenvalue weighted by molar-refractivity contribution is -0.143. The number of rotatable bonds is 5. The van der Waals surface area contributed by atoms with Crippen LogP contribution in [0.25, 0.3) is 0 Å². The Morgan fingerprint density at radius 3 is 2.44 bits per heavy atom. The number of nitrogens with one attached hydrogen (secondary N) is 1. The summed E-state index contributed by atoms with van der Waals surface area (Å²) >= 11 is 0. The van der Waals surface area contributed by atoms with Crippen LogP contribution in [0.3, 0.4) is 0 Å². The van der Waals surface area contributed by atoms with Crippen molar-refractivity contribution in [3.63, 3.8) is 0 Å². The molecule has 1 saturated heterocycles. The molecule has 0 bridgehead atoms. The van der Waals surface area contributed by atoms with Gasteiger partial charge in [0.1, 0.15) is 5.82 Å². The first-order valence-corrected chi connectivity index (χ1v) is 9.08. The number of halogens is 1. The predicted molar refractivity (Wildman–Crippen MR) is 101 cm³/mol. The Kier molecular flexibility index (Phi) is 5.86. The van der Waals surface area contributed by atoms with Crippen LogP contribution < -0.4 is 5.32 Å². The van der Waals surface area contributed by atoms with Crippen molar-refractivity contribution in [2.24, 2.45) is 5.92 Å². The zero-order valence-electron chi connectivity index (χ0n) is 15.2. The second kappa shape index (κ2) is 8.31. The summed E-state index contributed by atoms with van der Waals surface area (Å²) in [6, 6.07) is 13.2. The van der Waals surface area contributed by atoms with Crippen LogP contribution in [0.1, 0.15) is 41.7 Å². The maximum Gasteiger partial charge on any atom is 0.306 e. The fourth-order valence-corrected chi connectivity index (χ4v) is 3.43. The zero-order valence-corrected chi connectivity index (χ0v) is 15.2. The van der Waals surface area contributed by atoms with E-state index in [0.29, 0.717) is 24.1 Å². The van der Waals surface area contributed by atoms with Gasteiger partial charge in [0.15, 0.2) is 0 Å². The molecule has 0 aromatic heterocycles. The third-order valence-electron chi connectivity index (χ3n) is 5.16. The van der Waals surface area contributed by atoms with Crippen LogP contribution >= 0.6 is 0 Å². The molecule has 1 unspecified atom stereocenters. The van der Waals surface area contributed by atoms with Crippen LogP contribution in [0.5, 0.6) is 0 Å². The highest BCUT2D eigenvalue weighted by molar-refractivity contribution is 6.04. The molecule has 1 atom stereocenters. The summed E-state index contributed by atoms with van der Waals surface area (Å²) in [5.74, 6) is -1.64. The fraction of sp³-hybridized carbons (Fsp3) is 0.333. The number of carbonyl (C=O) groups excluding carboxylic acids is 1. The first-order chi connectivity index (χ1) is 12.9. The molecule has 1 amide bonds. The number of carbonyl (C=O) groups is 2. The lowest BCUT2D eigenvalue weighted by Crippen LogP contribution is -2.37. The number of amides is 1. The standard InChI is InChI=1S/C21H23FN2O3/c1-14(24-11-9-16(10-12-24)21(26)27)17-3-2-4-19(13-17)23-20(25)15-5-7-18(22)8-6-15/h2-8,13-14,16H,9-12H2,1H3,(H,23,25)(H,26,27). The van der Waals surface area contributed by atoms with E-state index in [0.717, 1.165) is 18.7 Å². The van der Waals surface area contributed by atoms with Gasteiger partial charge in [0.25, 0.3) is 5.91 Å². The van der Waals surface area contributed by atoms with Gasteiger partial charge in [-0.3, -0.25) is 14.5 Å². The van der Waals surface area contributed by atoms with E-state index in [1.54, 1.807) is 0 Å². The molecule has 0 saturated carbocycles. The quantitative estimate of drug-likeness (QED) is 0.837. The Morgan fingerprint density at radius 1 is 1.15 bits per heavy atom. The number of piperidine rings is 1. The monoisotopic (exact) mass is 370 g/mol. The molecule has 5 nitrogen and oxygen atoms in total. The van der Waals surface area contributed by atoms with Gasteiger partial charge in [-0.15, -0.1) is 0 Å². The van der Waals surface area contributed by atoms with Crippen molar-refractivity contribution < 1.29 is 19.1 Å². The highest BCUT2D eigenvalue weighted by Gasteiger charge is 2.27. The lowest BCUT2D eigenvalue weighted by atomic mass is 9.94. The molecular formula is C21H23FN2O3. The van der Waals surface area contributed by atoms with Crippen molar-refractivity contribution in [2.45, 2.75) is 25.8 Å². The summed E-state index contributed by atoms with van der Waals surface area (Å²) in [6.07, 6.45) is 1.31. The molecule has 3 rings (SSSR count). The third kappa shape index (κ3) is 4.71. The van der Waals surface area contributed by atoms with E-state index in [-0.39, 0.29) is 23.7 Å². The van der Waals surface area contributed by atoms with Crippen LogP contribution in [0.2, 0.25) is 0 Å². The molecular weight excluding hydrogens is 347 g/mol. The van der Waals surface area contributed by atoms with Crippen molar-refractivity contribution in [2.75, 3.05) is 18.4 Å². The highest BCUT2D eigenvalue weighted by Crippen LogP contribution is 2.28. The van der Waals surface area contributed by atoms with E-state index >= 15 is 0 Å². The van der Waals surface area contributed by atoms with Gasteiger partial charge in [0, 0.05) is 17.3 Å². The molecule has 0 aliphatic carbocycles. The van der Waals surface area contributed by atoms with E-state index in [1.165, 1.54) is 24.3 Å². The van der Waals surface area contributed by atoms with Gasteiger partial charge in [-0.25, -0.2) is 4.39 Å². The van der Waals surface area contributed by atoms with Crippen LogP contribution in [0.4, 0.5) is 10.1 Å². The van der Waals surface area contributed by atoms with Crippen LogP contribution in [-0.4, -0.2) is 35.0 Å². The second-order valence-corrected chi connectivity index (χ2v) is 6.91. The number of nitrogens with zero attached hydrogens (tertiary/aromatic N) is 1. The molecule has 6 heteroatoms. The zero-order chi connectivity index (χ0) is 19.4. The molecule has 1 aliphatic heterocycles. The maximum atomic E-state index is 13.0.